The molecule has 9 nitrogen and oxygen atoms in total. The molecule has 3 heterocycles. The summed E-state index contributed by atoms with van der Waals surface area (Å²) < 4.78 is 0. The Hall–Kier alpha value is -3.68. The number of anilines is 2. The van der Waals surface area contributed by atoms with Gasteiger partial charge in [-0.2, -0.15) is 0 Å². The van der Waals surface area contributed by atoms with E-state index in [-0.39, 0.29) is 11.2 Å². The fourth-order valence-corrected chi connectivity index (χ4v) is 3.80. The molecule has 1 fully saturated rings. The lowest BCUT2D eigenvalue weighted by Gasteiger charge is -2.45. The zero-order valence-corrected chi connectivity index (χ0v) is 17.6. The van der Waals surface area contributed by atoms with Crippen LogP contribution in [0.5, 0.6) is 0 Å². The lowest BCUT2D eigenvalue weighted by atomic mass is 10.1. The van der Waals surface area contributed by atoms with Crippen LogP contribution in [0.3, 0.4) is 0 Å². The van der Waals surface area contributed by atoms with Crippen molar-refractivity contribution in [2.24, 2.45) is 0 Å². The van der Waals surface area contributed by atoms with Crippen molar-refractivity contribution in [3.05, 3.63) is 64.5 Å². The summed E-state index contributed by atoms with van der Waals surface area (Å²) in [6.45, 7) is 7.25. The summed E-state index contributed by atoms with van der Waals surface area (Å²) in [6, 6.07) is 12.2. The van der Waals surface area contributed by atoms with Crippen LogP contribution in [0.4, 0.5) is 17.3 Å². The summed E-state index contributed by atoms with van der Waals surface area (Å²) in [5.74, 6) is 3.59. The summed E-state index contributed by atoms with van der Waals surface area (Å²) in [7, 11) is 0. The molecule has 4 rings (SSSR count). The number of nitrogens with one attached hydrogen (secondary N) is 2. The van der Waals surface area contributed by atoms with E-state index in [0.29, 0.717) is 30.0 Å². The minimum Gasteiger partial charge on any atom is -0.341 e. The first-order valence-corrected chi connectivity index (χ1v) is 10.0. The fraction of sp³-hybridized carbons (Fsp3) is 0.318. The zero-order chi connectivity index (χ0) is 22.2. The van der Waals surface area contributed by atoms with Gasteiger partial charge in [-0.15, -0.1) is 0 Å². The molecule has 160 valence electrons. The minimum absolute atomic E-state index is 0.0245. The van der Waals surface area contributed by atoms with Crippen LogP contribution in [0.25, 0.3) is 10.9 Å². The Balaban J connectivity index is 1.74. The van der Waals surface area contributed by atoms with Crippen molar-refractivity contribution in [1.29, 1.82) is 0 Å². The van der Waals surface area contributed by atoms with E-state index < -0.39 is 11.1 Å². The van der Waals surface area contributed by atoms with Gasteiger partial charge in [0.25, 0.3) is 5.69 Å². The molecule has 0 spiro atoms. The normalized spacial score (nSPS) is 17.1. The molecule has 0 aliphatic carbocycles. The minimum atomic E-state index is -0.443. The van der Waals surface area contributed by atoms with Crippen molar-refractivity contribution >= 4 is 34.2 Å². The van der Waals surface area contributed by atoms with Crippen LogP contribution in [0.15, 0.2) is 54.4 Å². The first kappa shape index (κ1) is 20.6. The maximum absolute atomic E-state index is 12.2. The molecule has 31 heavy (non-hydrogen) atoms. The van der Waals surface area contributed by atoms with Crippen LogP contribution >= 0.6 is 0 Å². The van der Waals surface area contributed by atoms with Gasteiger partial charge in [0.2, 0.25) is 0 Å². The second kappa shape index (κ2) is 7.86. The van der Waals surface area contributed by atoms with Gasteiger partial charge in [0, 0.05) is 47.9 Å². The van der Waals surface area contributed by atoms with Crippen LogP contribution in [-0.2, 0) is 4.79 Å². The van der Waals surface area contributed by atoms with E-state index in [4.69, 9.17) is 0 Å². The maximum Gasteiger partial charge on any atom is 0.270 e. The van der Waals surface area contributed by atoms with E-state index in [2.05, 4.69) is 26.1 Å². The van der Waals surface area contributed by atoms with E-state index in [1.807, 2.05) is 49.9 Å². The highest BCUT2D eigenvalue weighted by atomic mass is 16.6. The Morgan fingerprint density at radius 2 is 2.03 bits per heavy atom. The molecule has 2 aromatic heterocycles. The van der Waals surface area contributed by atoms with Crippen LogP contribution in [0.2, 0.25) is 0 Å². The number of rotatable bonds is 4. The molecule has 0 amide bonds. The molecule has 0 saturated carbocycles. The number of piperazine rings is 1. The van der Waals surface area contributed by atoms with Gasteiger partial charge in [-0.1, -0.05) is 6.07 Å². The number of H-pyrrole nitrogens is 1. The third-order valence-electron chi connectivity index (χ3n) is 5.14. The molecule has 1 aliphatic rings. The highest BCUT2D eigenvalue weighted by Gasteiger charge is 2.36. The number of non-ortho nitro benzene ring substituents is 1. The number of fused-ring (bicyclic) bond motifs is 1. The number of hydrogen-bond donors (Lipinski definition) is 2. The number of nitro groups is 1. The Morgan fingerprint density at radius 1 is 1.23 bits per heavy atom. The highest BCUT2D eigenvalue weighted by molar-refractivity contribution is 5.87. The van der Waals surface area contributed by atoms with Crippen LogP contribution in [-0.4, -0.2) is 45.6 Å². The van der Waals surface area contributed by atoms with Crippen molar-refractivity contribution in [3.8, 4) is 0 Å². The Bertz CT molecular complexity index is 1160. The summed E-state index contributed by atoms with van der Waals surface area (Å²) in [6.07, 6.45) is 1.28. The first-order valence-electron chi connectivity index (χ1n) is 10.0. The SMILES string of the molecule is CC(C)(C)NC1C(=C=O)N(c2cc3cc([N+](=O)[O-])ccc3[nH]2)CCN1c1ccccn1. The molecule has 3 aromatic rings. The number of aromatic amines is 1. The molecule has 1 saturated heterocycles. The van der Waals surface area contributed by atoms with E-state index in [1.54, 1.807) is 12.3 Å². The molecule has 1 atom stereocenters. The molecular weight excluding hydrogens is 396 g/mol. The smallest absolute Gasteiger partial charge is 0.270 e. The van der Waals surface area contributed by atoms with Crippen molar-refractivity contribution in [2.45, 2.75) is 32.5 Å². The Labute approximate surface area is 179 Å². The van der Waals surface area contributed by atoms with Crippen molar-refractivity contribution in [2.75, 3.05) is 22.9 Å². The average molecular weight is 420 g/mol. The molecule has 9 heteroatoms. The number of nitrogens with zero attached hydrogens (tertiary/aromatic N) is 4. The molecule has 0 bridgehead atoms. The average Bonchev–Trinajstić information content (AvgIpc) is 3.16. The largest absolute Gasteiger partial charge is 0.341 e. The molecule has 1 unspecified atom stereocenters. The molecule has 1 aromatic carbocycles. The van der Waals surface area contributed by atoms with Gasteiger partial charge < -0.3 is 14.8 Å². The summed E-state index contributed by atoms with van der Waals surface area (Å²) in [5.41, 5.74) is 0.937. The van der Waals surface area contributed by atoms with E-state index in [1.165, 1.54) is 12.1 Å². The fourth-order valence-electron chi connectivity index (χ4n) is 3.80. The second-order valence-electron chi connectivity index (χ2n) is 8.50. The summed E-state index contributed by atoms with van der Waals surface area (Å²) in [5, 5.41) is 15.3. The lowest BCUT2D eigenvalue weighted by molar-refractivity contribution is -0.384. The van der Waals surface area contributed by atoms with Crippen LogP contribution in [0, 0.1) is 10.1 Å². The van der Waals surface area contributed by atoms with Gasteiger partial charge in [-0.25, -0.2) is 9.78 Å². The molecular formula is C22H24N6O3. The Morgan fingerprint density at radius 3 is 2.68 bits per heavy atom. The van der Waals surface area contributed by atoms with Gasteiger partial charge in [0.1, 0.15) is 29.4 Å². The van der Waals surface area contributed by atoms with Gasteiger partial charge >= 0.3 is 0 Å². The third kappa shape index (κ3) is 4.14. The van der Waals surface area contributed by atoms with Gasteiger partial charge in [-0.05, 0) is 45.0 Å². The quantitative estimate of drug-likeness (QED) is 0.379. The third-order valence-corrected chi connectivity index (χ3v) is 5.14. The van der Waals surface area contributed by atoms with Gasteiger partial charge in [0.05, 0.1) is 4.92 Å². The summed E-state index contributed by atoms with van der Waals surface area (Å²) >= 11 is 0. The van der Waals surface area contributed by atoms with Gasteiger partial charge in [-0.3, -0.25) is 15.4 Å². The van der Waals surface area contributed by atoms with E-state index in [0.717, 1.165) is 11.3 Å². The molecule has 2 N–H and O–H groups in total. The van der Waals surface area contributed by atoms with Crippen LogP contribution < -0.4 is 15.1 Å². The molecule has 1 aliphatic heterocycles. The second-order valence-corrected chi connectivity index (χ2v) is 8.50. The zero-order valence-electron chi connectivity index (χ0n) is 17.6. The Kier molecular flexibility index (Phi) is 5.22. The monoisotopic (exact) mass is 420 g/mol. The van der Waals surface area contributed by atoms with Gasteiger partial charge in [0.15, 0.2) is 0 Å². The van der Waals surface area contributed by atoms with E-state index >= 15 is 0 Å². The first-order chi connectivity index (χ1) is 14.8. The topological polar surface area (TPSA) is 107 Å². The predicted molar refractivity (Wildman–Crippen MR) is 120 cm³/mol. The number of benzene rings is 1. The number of pyridine rings is 1. The molecule has 0 radical (unpaired) electrons. The summed E-state index contributed by atoms with van der Waals surface area (Å²) in [4.78, 5) is 34.5. The number of nitro benzene ring substituents is 1. The number of hydrogen-bond acceptors (Lipinski definition) is 7. The standard InChI is InChI=1S/C22H24N6O3/c1-22(2,3)25-21-18(14-29)26(10-11-27(21)19-6-4-5-9-23-19)20-13-15-12-16(28(30)31)7-8-17(15)24-20/h4-9,12-13,21,24-25H,10-11H2,1-3H3. The van der Waals surface area contributed by atoms with Crippen molar-refractivity contribution in [1.82, 2.24) is 15.3 Å². The number of aromatic nitrogens is 2. The predicted octanol–water partition coefficient (Wildman–Crippen LogP) is 3.23. The van der Waals surface area contributed by atoms with Crippen LogP contribution in [0.1, 0.15) is 20.8 Å². The maximum atomic E-state index is 12.2. The van der Waals surface area contributed by atoms with E-state index in [9.17, 15) is 14.9 Å². The van der Waals surface area contributed by atoms with Crippen molar-refractivity contribution < 1.29 is 9.72 Å². The highest BCUT2D eigenvalue weighted by Crippen LogP contribution is 2.31. The number of carbonyl (C=O) groups excluding carboxylic acids is 1. The van der Waals surface area contributed by atoms with Crippen molar-refractivity contribution in [3.63, 3.8) is 0 Å². The lowest BCUT2D eigenvalue weighted by Crippen LogP contribution is -2.62.